The van der Waals surface area contributed by atoms with Crippen LogP contribution in [-0.4, -0.2) is 49.6 Å². The van der Waals surface area contributed by atoms with Crippen LogP contribution in [-0.2, 0) is 0 Å². The van der Waals surface area contributed by atoms with E-state index in [0.717, 1.165) is 5.82 Å². The summed E-state index contributed by atoms with van der Waals surface area (Å²) >= 11 is 0. The van der Waals surface area contributed by atoms with Gasteiger partial charge in [-0.05, 0) is 24.5 Å². The Morgan fingerprint density at radius 3 is 2.90 bits per heavy atom. The van der Waals surface area contributed by atoms with Crippen LogP contribution < -0.4 is 0 Å². The largest absolute Gasteiger partial charge is 0.393 e. The van der Waals surface area contributed by atoms with Crippen LogP contribution in [0.2, 0.25) is 0 Å². The third kappa shape index (κ3) is 2.80. The zero-order valence-corrected chi connectivity index (χ0v) is 11.9. The van der Waals surface area contributed by atoms with E-state index in [1.165, 1.54) is 0 Å². The summed E-state index contributed by atoms with van der Waals surface area (Å²) in [4.78, 5) is 22.5. The molecule has 6 nitrogen and oxygen atoms in total. The number of piperidine rings is 1. The number of aliphatic hydroxyl groups is 1. The first kappa shape index (κ1) is 13.8. The van der Waals surface area contributed by atoms with Crippen molar-refractivity contribution in [2.75, 3.05) is 13.1 Å². The molecule has 0 saturated carbocycles. The number of pyridine rings is 1. The number of hydrogen-bond donors (Lipinski definition) is 1. The minimum atomic E-state index is -0.309. The predicted molar refractivity (Wildman–Crippen MR) is 77.1 cm³/mol. The molecule has 0 spiro atoms. The van der Waals surface area contributed by atoms with E-state index in [1.807, 2.05) is 6.92 Å². The molecule has 110 valence electrons. The highest BCUT2D eigenvalue weighted by Crippen LogP contribution is 2.18. The van der Waals surface area contributed by atoms with Crippen molar-refractivity contribution in [1.29, 1.82) is 0 Å². The van der Waals surface area contributed by atoms with Crippen LogP contribution in [0.4, 0.5) is 0 Å². The van der Waals surface area contributed by atoms with Gasteiger partial charge in [-0.2, -0.15) is 0 Å². The van der Waals surface area contributed by atoms with E-state index >= 15 is 0 Å². The summed E-state index contributed by atoms with van der Waals surface area (Å²) in [5.74, 6) is 0.811. The second-order valence-corrected chi connectivity index (χ2v) is 5.46. The third-order valence-corrected chi connectivity index (χ3v) is 3.91. The van der Waals surface area contributed by atoms with Gasteiger partial charge in [-0.1, -0.05) is 6.92 Å². The van der Waals surface area contributed by atoms with Crippen molar-refractivity contribution >= 4 is 5.91 Å². The molecular formula is C15H18N4O2. The maximum absolute atomic E-state index is 12.4. The number of likely N-dealkylation sites (tertiary alicyclic amines) is 1. The molecule has 0 aliphatic carbocycles. The molecule has 2 aromatic heterocycles. The Kier molecular flexibility index (Phi) is 3.70. The van der Waals surface area contributed by atoms with Crippen molar-refractivity contribution in [2.45, 2.75) is 19.4 Å². The summed E-state index contributed by atoms with van der Waals surface area (Å²) in [6.07, 6.45) is 7.06. The number of carbonyl (C=O) groups excluding carboxylic acids is 1. The average Bonchev–Trinajstić information content (AvgIpc) is 3.04. The number of aromatic nitrogens is 3. The molecule has 3 heterocycles. The van der Waals surface area contributed by atoms with Gasteiger partial charge in [-0.3, -0.25) is 9.36 Å². The summed E-state index contributed by atoms with van der Waals surface area (Å²) in [7, 11) is 0. The third-order valence-electron chi connectivity index (χ3n) is 3.91. The molecule has 1 amide bonds. The smallest absolute Gasteiger partial charge is 0.255 e. The fourth-order valence-electron chi connectivity index (χ4n) is 2.56. The molecule has 1 N–H and O–H groups in total. The van der Waals surface area contributed by atoms with Crippen molar-refractivity contribution in [3.63, 3.8) is 0 Å². The molecule has 21 heavy (non-hydrogen) atoms. The molecule has 3 rings (SSSR count). The number of amides is 1. The standard InChI is InChI=1S/C15H18N4O2/c1-11-9-18(6-4-13(11)20)15(21)12-2-3-14(17-8-12)19-7-5-16-10-19/h2-3,5,7-8,10-11,13,20H,4,6,9H2,1H3. The molecule has 1 fully saturated rings. The quantitative estimate of drug-likeness (QED) is 0.897. The van der Waals surface area contributed by atoms with E-state index in [0.29, 0.717) is 25.1 Å². The van der Waals surface area contributed by atoms with Gasteiger partial charge in [0.15, 0.2) is 0 Å². The van der Waals surface area contributed by atoms with Crippen LogP contribution in [0.3, 0.4) is 0 Å². The lowest BCUT2D eigenvalue weighted by molar-refractivity contribution is 0.0297. The topological polar surface area (TPSA) is 71.2 Å². The molecule has 2 unspecified atom stereocenters. The first-order valence-electron chi connectivity index (χ1n) is 7.07. The van der Waals surface area contributed by atoms with Crippen LogP contribution in [0.1, 0.15) is 23.7 Å². The summed E-state index contributed by atoms with van der Waals surface area (Å²) in [6, 6.07) is 3.58. The number of carbonyl (C=O) groups is 1. The zero-order chi connectivity index (χ0) is 14.8. The van der Waals surface area contributed by atoms with Crippen molar-refractivity contribution < 1.29 is 9.90 Å². The maximum atomic E-state index is 12.4. The number of imidazole rings is 1. The van der Waals surface area contributed by atoms with Gasteiger partial charge in [0.05, 0.1) is 11.7 Å². The minimum Gasteiger partial charge on any atom is -0.393 e. The molecular weight excluding hydrogens is 268 g/mol. The number of rotatable bonds is 2. The second-order valence-electron chi connectivity index (χ2n) is 5.46. The molecule has 2 atom stereocenters. The Bertz CT molecular complexity index is 609. The Morgan fingerprint density at radius 1 is 1.43 bits per heavy atom. The van der Waals surface area contributed by atoms with Crippen LogP contribution >= 0.6 is 0 Å². The predicted octanol–water partition coefficient (Wildman–Crippen LogP) is 1.11. The Labute approximate surface area is 123 Å². The normalized spacial score (nSPS) is 22.3. The van der Waals surface area contributed by atoms with E-state index in [9.17, 15) is 9.90 Å². The Morgan fingerprint density at radius 2 is 2.29 bits per heavy atom. The van der Waals surface area contributed by atoms with E-state index < -0.39 is 0 Å². The zero-order valence-electron chi connectivity index (χ0n) is 11.9. The second kappa shape index (κ2) is 5.65. The summed E-state index contributed by atoms with van der Waals surface area (Å²) in [5.41, 5.74) is 0.572. The SMILES string of the molecule is CC1CN(C(=O)c2ccc(-n3ccnc3)nc2)CCC1O. The lowest BCUT2D eigenvalue weighted by Crippen LogP contribution is -2.45. The first-order chi connectivity index (χ1) is 10.1. The van der Waals surface area contributed by atoms with Gasteiger partial charge < -0.3 is 10.0 Å². The minimum absolute atomic E-state index is 0.0292. The number of aliphatic hydroxyl groups excluding tert-OH is 1. The van der Waals surface area contributed by atoms with Crippen LogP contribution in [0.5, 0.6) is 0 Å². The molecule has 1 aliphatic heterocycles. The molecule has 1 saturated heterocycles. The van der Waals surface area contributed by atoms with Crippen molar-refractivity contribution in [2.24, 2.45) is 5.92 Å². The molecule has 2 aromatic rings. The molecule has 6 heteroatoms. The molecule has 0 aromatic carbocycles. The van der Waals surface area contributed by atoms with Gasteiger partial charge in [0.2, 0.25) is 0 Å². The maximum Gasteiger partial charge on any atom is 0.255 e. The van der Waals surface area contributed by atoms with Crippen LogP contribution in [0.25, 0.3) is 5.82 Å². The van der Waals surface area contributed by atoms with Crippen LogP contribution in [0, 0.1) is 5.92 Å². The Balaban J connectivity index is 1.73. The number of hydrogen-bond acceptors (Lipinski definition) is 4. The van der Waals surface area contributed by atoms with Crippen LogP contribution in [0.15, 0.2) is 37.1 Å². The first-order valence-corrected chi connectivity index (χ1v) is 7.07. The fraction of sp³-hybridized carbons (Fsp3) is 0.400. The highest BCUT2D eigenvalue weighted by molar-refractivity contribution is 5.94. The molecule has 0 bridgehead atoms. The van der Waals surface area contributed by atoms with Gasteiger partial charge in [0, 0.05) is 31.7 Å². The van der Waals surface area contributed by atoms with Gasteiger partial charge in [0.1, 0.15) is 12.1 Å². The highest BCUT2D eigenvalue weighted by Gasteiger charge is 2.27. The molecule has 0 radical (unpaired) electrons. The van der Waals surface area contributed by atoms with E-state index in [4.69, 9.17) is 0 Å². The average molecular weight is 286 g/mol. The summed E-state index contributed by atoms with van der Waals surface area (Å²) < 4.78 is 1.79. The van der Waals surface area contributed by atoms with Gasteiger partial charge in [-0.25, -0.2) is 9.97 Å². The van der Waals surface area contributed by atoms with E-state index in [1.54, 1.807) is 46.5 Å². The summed E-state index contributed by atoms with van der Waals surface area (Å²) in [6.45, 7) is 3.14. The lowest BCUT2D eigenvalue weighted by atomic mass is 9.96. The fourth-order valence-corrected chi connectivity index (χ4v) is 2.56. The van der Waals surface area contributed by atoms with Crippen molar-refractivity contribution in [3.05, 3.63) is 42.6 Å². The summed E-state index contributed by atoms with van der Waals surface area (Å²) in [5, 5.41) is 9.73. The lowest BCUT2D eigenvalue weighted by Gasteiger charge is -2.34. The molecule has 1 aliphatic rings. The van der Waals surface area contributed by atoms with Gasteiger partial charge in [-0.15, -0.1) is 0 Å². The Hall–Kier alpha value is -2.21. The highest BCUT2D eigenvalue weighted by atomic mass is 16.3. The van der Waals surface area contributed by atoms with E-state index in [-0.39, 0.29) is 17.9 Å². The monoisotopic (exact) mass is 286 g/mol. The number of nitrogens with zero attached hydrogens (tertiary/aromatic N) is 4. The van der Waals surface area contributed by atoms with Gasteiger partial charge in [0.25, 0.3) is 5.91 Å². The van der Waals surface area contributed by atoms with Crippen molar-refractivity contribution in [3.8, 4) is 5.82 Å². The van der Waals surface area contributed by atoms with E-state index in [2.05, 4.69) is 9.97 Å². The van der Waals surface area contributed by atoms with Gasteiger partial charge >= 0.3 is 0 Å². The van der Waals surface area contributed by atoms with Crippen molar-refractivity contribution in [1.82, 2.24) is 19.4 Å².